The molecule has 98 valence electrons. The Labute approximate surface area is 108 Å². The van der Waals surface area contributed by atoms with Crippen LogP contribution in [0.1, 0.15) is 36.6 Å². The van der Waals surface area contributed by atoms with E-state index in [-0.39, 0.29) is 6.04 Å². The molecule has 1 atom stereocenters. The number of hydrogen-bond acceptors (Lipinski definition) is 3. The molecule has 2 N–H and O–H groups in total. The molecule has 0 bridgehead atoms. The van der Waals surface area contributed by atoms with Crippen molar-refractivity contribution in [2.24, 2.45) is 19.8 Å². The molecule has 2 aromatic heterocycles. The number of aromatic nitrogens is 4. The molecule has 0 radical (unpaired) electrons. The van der Waals surface area contributed by atoms with E-state index in [2.05, 4.69) is 23.1 Å². The zero-order valence-corrected chi connectivity index (χ0v) is 11.3. The van der Waals surface area contributed by atoms with E-state index in [4.69, 9.17) is 5.73 Å². The summed E-state index contributed by atoms with van der Waals surface area (Å²) >= 11 is 0. The predicted octanol–water partition coefficient (Wildman–Crippen LogP) is 1.35. The average Bonchev–Trinajstić information content (AvgIpc) is 2.92. The van der Waals surface area contributed by atoms with Crippen molar-refractivity contribution in [1.82, 2.24) is 19.3 Å². The van der Waals surface area contributed by atoms with E-state index in [0.717, 1.165) is 36.5 Å². The number of imidazole rings is 1. The normalized spacial score (nSPS) is 12.9. The molecule has 0 amide bonds. The Hall–Kier alpha value is -1.62. The van der Waals surface area contributed by atoms with Crippen molar-refractivity contribution in [3.8, 4) is 0 Å². The largest absolute Gasteiger partial charge is 0.338 e. The molecule has 5 nitrogen and oxygen atoms in total. The van der Waals surface area contributed by atoms with Crippen molar-refractivity contribution in [2.75, 3.05) is 0 Å². The topological polar surface area (TPSA) is 61.7 Å². The molecular formula is C13H21N5. The fraction of sp³-hybridized carbons (Fsp3) is 0.538. The Morgan fingerprint density at radius 2 is 2.17 bits per heavy atom. The van der Waals surface area contributed by atoms with Crippen LogP contribution in [0.25, 0.3) is 0 Å². The summed E-state index contributed by atoms with van der Waals surface area (Å²) in [5, 5.41) is 4.43. The third kappa shape index (κ3) is 2.61. The van der Waals surface area contributed by atoms with Crippen LogP contribution in [0.2, 0.25) is 0 Å². The van der Waals surface area contributed by atoms with Crippen molar-refractivity contribution in [1.29, 1.82) is 0 Å². The van der Waals surface area contributed by atoms with Crippen LogP contribution in [0.4, 0.5) is 0 Å². The van der Waals surface area contributed by atoms with Crippen LogP contribution in [0.15, 0.2) is 18.5 Å². The van der Waals surface area contributed by atoms with Crippen LogP contribution in [0.5, 0.6) is 0 Å². The second-order valence-electron chi connectivity index (χ2n) is 4.64. The third-order valence-electron chi connectivity index (χ3n) is 3.31. The van der Waals surface area contributed by atoms with Crippen LogP contribution in [-0.4, -0.2) is 19.3 Å². The third-order valence-corrected chi connectivity index (χ3v) is 3.31. The number of rotatable bonds is 5. The molecule has 0 fully saturated rings. The average molecular weight is 247 g/mol. The first-order chi connectivity index (χ1) is 8.61. The van der Waals surface area contributed by atoms with Gasteiger partial charge in [0.15, 0.2) is 0 Å². The molecule has 18 heavy (non-hydrogen) atoms. The zero-order valence-electron chi connectivity index (χ0n) is 11.3. The van der Waals surface area contributed by atoms with E-state index in [1.165, 1.54) is 0 Å². The molecular weight excluding hydrogens is 226 g/mol. The number of nitrogens with two attached hydrogens (primary N) is 1. The van der Waals surface area contributed by atoms with Gasteiger partial charge in [0.1, 0.15) is 5.82 Å². The molecule has 0 saturated carbocycles. The van der Waals surface area contributed by atoms with Gasteiger partial charge in [-0.25, -0.2) is 4.98 Å². The highest BCUT2D eigenvalue weighted by molar-refractivity contribution is 5.14. The Bertz CT molecular complexity index is 511. The highest BCUT2D eigenvalue weighted by Gasteiger charge is 2.13. The van der Waals surface area contributed by atoms with Gasteiger partial charge in [-0.2, -0.15) is 5.10 Å². The number of nitrogens with zero attached hydrogens (tertiary/aromatic N) is 4. The lowest BCUT2D eigenvalue weighted by Gasteiger charge is -2.11. The lowest BCUT2D eigenvalue weighted by molar-refractivity contribution is 0.566. The minimum atomic E-state index is 0.0134. The Balaban J connectivity index is 2.01. The molecule has 0 aliphatic rings. The first-order valence-corrected chi connectivity index (χ1v) is 6.36. The van der Waals surface area contributed by atoms with Crippen LogP contribution in [0.3, 0.4) is 0 Å². The van der Waals surface area contributed by atoms with Gasteiger partial charge in [-0.3, -0.25) is 4.68 Å². The van der Waals surface area contributed by atoms with E-state index in [1.807, 2.05) is 35.7 Å². The summed E-state index contributed by atoms with van der Waals surface area (Å²) in [6, 6.07) is 2.11. The van der Waals surface area contributed by atoms with E-state index >= 15 is 0 Å². The lowest BCUT2D eigenvalue weighted by Crippen LogP contribution is -2.16. The summed E-state index contributed by atoms with van der Waals surface area (Å²) in [5.74, 6) is 1.07. The van der Waals surface area contributed by atoms with E-state index in [9.17, 15) is 0 Å². The maximum atomic E-state index is 6.23. The molecule has 2 aromatic rings. The van der Waals surface area contributed by atoms with Gasteiger partial charge in [-0.1, -0.05) is 6.92 Å². The smallest absolute Gasteiger partial charge is 0.108 e. The van der Waals surface area contributed by atoms with E-state index in [0.29, 0.717) is 0 Å². The summed E-state index contributed by atoms with van der Waals surface area (Å²) in [6.07, 6.45) is 6.49. The van der Waals surface area contributed by atoms with Crippen molar-refractivity contribution in [3.05, 3.63) is 35.7 Å². The van der Waals surface area contributed by atoms with Crippen molar-refractivity contribution < 1.29 is 0 Å². The second kappa shape index (κ2) is 5.35. The van der Waals surface area contributed by atoms with Gasteiger partial charge < -0.3 is 10.3 Å². The fourth-order valence-electron chi connectivity index (χ4n) is 2.13. The molecule has 0 aliphatic carbocycles. The summed E-state index contributed by atoms with van der Waals surface area (Å²) in [6.45, 7) is 2.10. The summed E-state index contributed by atoms with van der Waals surface area (Å²) < 4.78 is 3.93. The van der Waals surface area contributed by atoms with Crippen LogP contribution >= 0.6 is 0 Å². The maximum Gasteiger partial charge on any atom is 0.108 e. The van der Waals surface area contributed by atoms with E-state index in [1.54, 1.807) is 0 Å². The number of hydrogen-bond donors (Lipinski definition) is 1. The molecule has 2 heterocycles. The van der Waals surface area contributed by atoms with Gasteiger partial charge in [0, 0.05) is 39.0 Å². The van der Waals surface area contributed by atoms with Gasteiger partial charge >= 0.3 is 0 Å². The molecule has 5 heteroatoms. The van der Waals surface area contributed by atoms with Crippen molar-refractivity contribution >= 4 is 0 Å². The number of aryl methyl sites for hydroxylation is 4. The monoisotopic (exact) mass is 247 g/mol. The van der Waals surface area contributed by atoms with E-state index < -0.39 is 0 Å². The second-order valence-corrected chi connectivity index (χ2v) is 4.64. The van der Waals surface area contributed by atoms with Gasteiger partial charge in [0.25, 0.3) is 0 Å². The highest BCUT2D eigenvalue weighted by atomic mass is 15.3. The SMILES string of the molecule is CCc1cc(C(N)CCc2nccn2C)n(C)n1. The Morgan fingerprint density at radius 3 is 2.72 bits per heavy atom. The minimum Gasteiger partial charge on any atom is -0.338 e. The fourth-order valence-corrected chi connectivity index (χ4v) is 2.13. The summed E-state index contributed by atoms with van der Waals surface area (Å²) in [4.78, 5) is 4.31. The predicted molar refractivity (Wildman–Crippen MR) is 71.0 cm³/mol. The maximum absolute atomic E-state index is 6.23. The Kier molecular flexibility index (Phi) is 3.81. The minimum absolute atomic E-state index is 0.0134. The van der Waals surface area contributed by atoms with Gasteiger partial charge in [-0.15, -0.1) is 0 Å². The molecule has 0 spiro atoms. The van der Waals surface area contributed by atoms with Crippen LogP contribution < -0.4 is 5.73 Å². The lowest BCUT2D eigenvalue weighted by atomic mass is 10.1. The molecule has 0 saturated heterocycles. The molecule has 0 aliphatic heterocycles. The first-order valence-electron chi connectivity index (χ1n) is 6.36. The van der Waals surface area contributed by atoms with Crippen LogP contribution in [0, 0.1) is 0 Å². The quantitative estimate of drug-likeness (QED) is 0.867. The molecule has 1 unspecified atom stereocenters. The van der Waals surface area contributed by atoms with Gasteiger partial charge in [0.2, 0.25) is 0 Å². The summed E-state index contributed by atoms with van der Waals surface area (Å²) in [5.41, 5.74) is 8.43. The zero-order chi connectivity index (χ0) is 13.1. The van der Waals surface area contributed by atoms with Crippen molar-refractivity contribution in [2.45, 2.75) is 32.2 Å². The van der Waals surface area contributed by atoms with Gasteiger partial charge in [0.05, 0.1) is 11.4 Å². The van der Waals surface area contributed by atoms with Crippen molar-refractivity contribution in [3.63, 3.8) is 0 Å². The highest BCUT2D eigenvalue weighted by Crippen LogP contribution is 2.17. The summed E-state index contributed by atoms with van der Waals surface area (Å²) in [7, 11) is 3.96. The first kappa shape index (κ1) is 12.8. The Morgan fingerprint density at radius 1 is 1.39 bits per heavy atom. The van der Waals surface area contributed by atoms with Gasteiger partial charge in [-0.05, 0) is 18.9 Å². The molecule has 2 rings (SSSR count). The standard InChI is InChI=1S/C13H21N5/c1-4-10-9-12(18(3)16-10)11(14)5-6-13-15-7-8-17(13)2/h7-9,11H,4-6,14H2,1-3H3. The van der Waals surface area contributed by atoms with Crippen LogP contribution in [-0.2, 0) is 26.9 Å². The molecule has 0 aromatic carbocycles.